The van der Waals surface area contributed by atoms with Gasteiger partial charge in [-0.05, 0) is 51.9 Å². The van der Waals surface area contributed by atoms with Crippen LogP contribution in [0.15, 0.2) is 0 Å². The lowest BCUT2D eigenvalue weighted by Crippen LogP contribution is -2.51. The van der Waals surface area contributed by atoms with Crippen LogP contribution in [0.1, 0.15) is 46.5 Å². The van der Waals surface area contributed by atoms with Crippen LogP contribution in [0.25, 0.3) is 0 Å². The number of likely N-dealkylation sites (tertiary alicyclic amines) is 1. The maximum Gasteiger partial charge on any atom is 0.410 e. The minimum absolute atomic E-state index is 0.188. The molecule has 0 aromatic heterocycles. The maximum absolute atomic E-state index is 12.0. The number of carbonyl (C=O) groups excluding carboxylic acids is 1. The molecule has 1 aliphatic heterocycles. The Hall–Kier alpha value is -1.21. The van der Waals surface area contributed by atoms with Crippen LogP contribution in [-0.2, 0) is 9.47 Å². The van der Waals surface area contributed by atoms with Crippen LogP contribution in [0.3, 0.4) is 0 Å². The summed E-state index contributed by atoms with van der Waals surface area (Å²) in [6, 6.07) is 0. The van der Waals surface area contributed by atoms with Crippen LogP contribution in [-0.4, -0.2) is 42.4 Å². The van der Waals surface area contributed by atoms with Crippen molar-refractivity contribution in [2.75, 3.05) is 19.7 Å². The fraction of sp³-hybridized carbons (Fsp3) is 0.812. The first kappa shape index (κ1) is 15.2. The summed E-state index contributed by atoms with van der Waals surface area (Å²) in [4.78, 5) is 13.8. The van der Waals surface area contributed by atoms with E-state index < -0.39 is 5.60 Å². The number of terminal acetylenes is 1. The van der Waals surface area contributed by atoms with Crippen molar-refractivity contribution < 1.29 is 14.3 Å². The molecule has 1 heterocycles. The van der Waals surface area contributed by atoms with Crippen LogP contribution in [0.4, 0.5) is 4.79 Å². The second-order valence-corrected chi connectivity index (χ2v) is 7.01. The zero-order chi connectivity index (χ0) is 14.8. The molecule has 0 bridgehead atoms. The van der Waals surface area contributed by atoms with Crippen molar-refractivity contribution in [1.29, 1.82) is 0 Å². The van der Waals surface area contributed by atoms with Crippen molar-refractivity contribution in [3.8, 4) is 12.3 Å². The average molecular weight is 279 g/mol. The second-order valence-electron chi connectivity index (χ2n) is 7.01. The van der Waals surface area contributed by atoms with Gasteiger partial charge in [0, 0.05) is 13.1 Å². The molecule has 2 aliphatic rings. The number of piperidine rings is 1. The van der Waals surface area contributed by atoms with E-state index in [9.17, 15) is 4.79 Å². The molecule has 4 nitrogen and oxygen atoms in total. The molecular weight excluding hydrogens is 254 g/mol. The molecule has 1 spiro atoms. The zero-order valence-corrected chi connectivity index (χ0v) is 12.8. The van der Waals surface area contributed by atoms with Crippen LogP contribution in [0, 0.1) is 17.8 Å². The minimum atomic E-state index is -0.420. The van der Waals surface area contributed by atoms with Gasteiger partial charge in [0.2, 0.25) is 0 Å². The Balaban J connectivity index is 1.74. The number of carbonyl (C=O) groups is 1. The molecule has 1 saturated heterocycles. The van der Waals surface area contributed by atoms with E-state index in [0.717, 1.165) is 38.8 Å². The summed E-state index contributed by atoms with van der Waals surface area (Å²) in [5.41, 5.74) is -0.0470. The largest absolute Gasteiger partial charge is 0.444 e. The molecule has 0 aromatic rings. The summed E-state index contributed by atoms with van der Waals surface area (Å²) in [5.74, 6) is 2.51. The summed E-state index contributed by atoms with van der Waals surface area (Å²) in [6.45, 7) is 7.68. The summed E-state index contributed by atoms with van der Waals surface area (Å²) in [7, 11) is 0. The van der Waals surface area contributed by atoms with E-state index in [2.05, 4.69) is 5.92 Å². The Bertz CT molecular complexity index is 389. The highest BCUT2D eigenvalue weighted by atomic mass is 16.6. The topological polar surface area (TPSA) is 38.8 Å². The third-order valence-electron chi connectivity index (χ3n) is 4.20. The van der Waals surface area contributed by atoms with Gasteiger partial charge in [-0.2, -0.15) is 0 Å². The lowest BCUT2D eigenvalue weighted by Gasteiger charge is -2.51. The summed E-state index contributed by atoms with van der Waals surface area (Å²) >= 11 is 0. The van der Waals surface area contributed by atoms with Crippen LogP contribution in [0.2, 0.25) is 0 Å². The molecule has 4 heteroatoms. The molecule has 0 aromatic carbocycles. The van der Waals surface area contributed by atoms with Crippen molar-refractivity contribution in [3.05, 3.63) is 0 Å². The van der Waals surface area contributed by atoms with Crippen LogP contribution >= 0.6 is 0 Å². The number of amides is 1. The van der Waals surface area contributed by atoms with Crippen molar-refractivity contribution in [2.24, 2.45) is 5.41 Å². The standard InChI is InChI=1S/C16H25NO3/c1-5-10-19-13-11-16(12-13)6-8-17(9-7-16)14(18)20-15(2,3)4/h1,13H,6-12H2,2-4H3. The van der Waals surface area contributed by atoms with Gasteiger partial charge >= 0.3 is 6.09 Å². The Morgan fingerprint density at radius 1 is 1.35 bits per heavy atom. The number of nitrogens with zero attached hydrogens (tertiary/aromatic N) is 1. The SMILES string of the molecule is C#CCOC1CC2(CCN(C(=O)OC(C)(C)C)CC2)C1. The minimum Gasteiger partial charge on any atom is -0.444 e. The number of hydrogen-bond acceptors (Lipinski definition) is 3. The summed E-state index contributed by atoms with van der Waals surface area (Å²) in [5, 5.41) is 0. The summed E-state index contributed by atoms with van der Waals surface area (Å²) in [6.07, 6.45) is 9.57. The molecule has 0 radical (unpaired) electrons. The van der Waals surface area contributed by atoms with E-state index in [4.69, 9.17) is 15.9 Å². The van der Waals surface area contributed by atoms with E-state index in [1.807, 2.05) is 25.7 Å². The van der Waals surface area contributed by atoms with Crippen LogP contribution < -0.4 is 0 Å². The van der Waals surface area contributed by atoms with Gasteiger partial charge < -0.3 is 14.4 Å². The number of hydrogen-bond donors (Lipinski definition) is 0. The lowest BCUT2D eigenvalue weighted by atomic mass is 9.61. The fourth-order valence-electron chi connectivity index (χ4n) is 3.09. The van der Waals surface area contributed by atoms with E-state index in [1.165, 1.54) is 0 Å². The monoisotopic (exact) mass is 279 g/mol. The average Bonchev–Trinajstić information content (AvgIpc) is 2.32. The molecule has 1 aliphatic carbocycles. The predicted octanol–water partition coefficient (Wildman–Crippen LogP) is 2.82. The Labute approximate surface area is 121 Å². The molecule has 1 saturated carbocycles. The van der Waals surface area contributed by atoms with Crippen molar-refractivity contribution in [1.82, 2.24) is 4.90 Å². The van der Waals surface area contributed by atoms with Crippen molar-refractivity contribution >= 4 is 6.09 Å². The van der Waals surface area contributed by atoms with E-state index in [-0.39, 0.29) is 6.09 Å². The smallest absolute Gasteiger partial charge is 0.410 e. The molecule has 2 fully saturated rings. The van der Waals surface area contributed by atoms with Gasteiger partial charge in [0.05, 0.1) is 6.10 Å². The van der Waals surface area contributed by atoms with Gasteiger partial charge in [0.1, 0.15) is 12.2 Å². The third-order valence-corrected chi connectivity index (χ3v) is 4.20. The van der Waals surface area contributed by atoms with E-state index in [1.54, 1.807) is 0 Å². The predicted molar refractivity (Wildman–Crippen MR) is 77.3 cm³/mol. The molecule has 0 atom stereocenters. The molecule has 2 rings (SSSR count). The Morgan fingerprint density at radius 3 is 2.45 bits per heavy atom. The van der Waals surface area contributed by atoms with Gasteiger partial charge in [-0.15, -0.1) is 6.42 Å². The molecular formula is C16H25NO3. The van der Waals surface area contributed by atoms with Gasteiger partial charge in [0.15, 0.2) is 0 Å². The fourth-order valence-corrected chi connectivity index (χ4v) is 3.09. The lowest BCUT2D eigenvalue weighted by molar-refractivity contribution is -0.0960. The van der Waals surface area contributed by atoms with Gasteiger partial charge in [-0.25, -0.2) is 4.79 Å². The third kappa shape index (κ3) is 3.67. The number of rotatable bonds is 2. The normalized spacial score (nSPS) is 22.2. The Morgan fingerprint density at radius 2 is 1.95 bits per heavy atom. The summed E-state index contributed by atoms with van der Waals surface area (Å²) < 4.78 is 11.0. The quantitative estimate of drug-likeness (QED) is 0.730. The van der Waals surface area contributed by atoms with E-state index >= 15 is 0 Å². The molecule has 0 N–H and O–H groups in total. The van der Waals surface area contributed by atoms with Crippen LogP contribution in [0.5, 0.6) is 0 Å². The van der Waals surface area contributed by atoms with Crippen molar-refractivity contribution in [2.45, 2.75) is 58.2 Å². The highest BCUT2D eigenvalue weighted by molar-refractivity contribution is 5.68. The first-order valence-electron chi connectivity index (χ1n) is 7.37. The van der Waals surface area contributed by atoms with Crippen molar-refractivity contribution in [3.63, 3.8) is 0 Å². The van der Waals surface area contributed by atoms with Gasteiger partial charge in [-0.1, -0.05) is 5.92 Å². The first-order chi connectivity index (χ1) is 9.34. The van der Waals surface area contributed by atoms with Gasteiger partial charge in [-0.3, -0.25) is 0 Å². The molecule has 112 valence electrons. The van der Waals surface area contributed by atoms with E-state index in [0.29, 0.717) is 18.1 Å². The molecule has 20 heavy (non-hydrogen) atoms. The first-order valence-corrected chi connectivity index (χ1v) is 7.37. The number of ether oxygens (including phenoxy) is 2. The Kier molecular flexibility index (Phi) is 4.29. The second kappa shape index (κ2) is 5.65. The highest BCUT2D eigenvalue weighted by Gasteiger charge is 2.47. The zero-order valence-electron chi connectivity index (χ0n) is 12.8. The molecule has 0 unspecified atom stereocenters. The molecule has 1 amide bonds. The van der Waals surface area contributed by atoms with Gasteiger partial charge in [0.25, 0.3) is 0 Å². The maximum atomic E-state index is 12.0. The highest BCUT2D eigenvalue weighted by Crippen LogP contribution is 2.50.